The second kappa shape index (κ2) is 26.3. The Labute approximate surface area is 383 Å². The van der Waals surface area contributed by atoms with Crippen LogP contribution in [0.3, 0.4) is 0 Å². The highest BCUT2D eigenvalue weighted by atomic mass is 16.3. The number of amides is 4. The molecular formula is C51H65N9O5. The van der Waals surface area contributed by atoms with E-state index in [0.29, 0.717) is 49.6 Å². The van der Waals surface area contributed by atoms with Crippen LogP contribution in [0.15, 0.2) is 110 Å². The van der Waals surface area contributed by atoms with Crippen LogP contribution in [-0.2, 0) is 27.3 Å². The van der Waals surface area contributed by atoms with Crippen molar-refractivity contribution in [3.05, 3.63) is 132 Å². The number of hydrogen-bond donors (Lipinski definition) is 7. The number of aliphatic hydroxyl groups is 1. The van der Waals surface area contributed by atoms with Gasteiger partial charge in [0.15, 0.2) is 0 Å². The Balaban J connectivity index is 0.905. The fraction of sp³-hybridized carbons (Fsp3) is 0.392. The van der Waals surface area contributed by atoms with Crippen molar-refractivity contribution in [1.29, 1.82) is 0 Å². The topological polar surface area (TPSA) is 213 Å². The third-order valence-corrected chi connectivity index (χ3v) is 11.0. The van der Waals surface area contributed by atoms with E-state index in [1.54, 1.807) is 30.7 Å². The summed E-state index contributed by atoms with van der Waals surface area (Å²) in [5, 5.41) is 25.5. The lowest BCUT2D eigenvalue weighted by Crippen LogP contribution is -2.54. The van der Waals surface area contributed by atoms with Crippen molar-refractivity contribution in [3.8, 4) is 11.3 Å². The van der Waals surface area contributed by atoms with Crippen LogP contribution < -0.4 is 32.3 Å². The zero-order valence-electron chi connectivity index (χ0n) is 37.9. The Morgan fingerprint density at radius 2 is 1.48 bits per heavy atom. The van der Waals surface area contributed by atoms with E-state index in [1.165, 1.54) is 0 Å². The predicted octanol–water partition coefficient (Wildman–Crippen LogP) is 7.55. The van der Waals surface area contributed by atoms with E-state index in [9.17, 15) is 24.3 Å². The van der Waals surface area contributed by atoms with Gasteiger partial charge >= 0.3 is 0 Å². The number of aryl methyl sites for hydroxylation is 1. The number of nitrogens with two attached hydrogens (primary N) is 1. The average molecular weight is 884 g/mol. The molecule has 14 nitrogen and oxygen atoms in total. The van der Waals surface area contributed by atoms with Gasteiger partial charge in [-0.2, -0.15) is 0 Å². The van der Waals surface area contributed by atoms with Crippen LogP contribution in [0.1, 0.15) is 105 Å². The third-order valence-electron chi connectivity index (χ3n) is 11.0. The Kier molecular flexibility index (Phi) is 20.0. The SMILES string of the molecule is Cc1ccc(NC(=O)c2ccc(CNC(=O)CCCCCCCCCCNC(=O)C(CC(C)C)NC(=O)C(O)C(N)Cc3ccccc3)cc2)cc1Nc1nccc(-c2cccnc2)n1. The van der Waals surface area contributed by atoms with Gasteiger partial charge < -0.3 is 37.4 Å². The van der Waals surface area contributed by atoms with E-state index in [2.05, 4.69) is 41.5 Å². The molecule has 2 heterocycles. The number of pyridine rings is 1. The maximum atomic E-state index is 13.1. The molecule has 8 N–H and O–H groups in total. The van der Waals surface area contributed by atoms with Gasteiger partial charge in [-0.15, -0.1) is 0 Å². The van der Waals surface area contributed by atoms with Gasteiger partial charge in [0, 0.05) is 66.6 Å². The normalized spacial score (nSPS) is 12.5. The molecule has 0 aliphatic carbocycles. The molecule has 0 spiro atoms. The molecule has 0 radical (unpaired) electrons. The first-order valence-electron chi connectivity index (χ1n) is 22.8. The van der Waals surface area contributed by atoms with E-state index < -0.39 is 24.1 Å². The van der Waals surface area contributed by atoms with Crippen LogP contribution in [0.4, 0.5) is 17.3 Å². The van der Waals surface area contributed by atoms with Crippen molar-refractivity contribution in [1.82, 2.24) is 30.9 Å². The number of carbonyl (C=O) groups excluding carboxylic acids is 4. The standard InChI is InChI=1S/C51H65N9O5/c1-35(2)30-45(58-50(65)47(62)42(52)31-37-16-11-10-12-17-37)49(64)54-28-14-9-7-5-4-6-8-13-19-46(61)56-33-38-21-23-39(24-22-38)48(63)57-41-25-20-36(3)44(32-41)60-51-55-29-26-43(59-51)40-18-15-27-53-34-40/h10-12,15-18,20-27,29,32,34-35,42,45,47,62H,4-9,13-14,19,28,30-31,33,52H2,1-3H3,(H,54,64)(H,56,61)(H,57,63)(H,58,65)(H,55,59,60). The smallest absolute Gasteiger partial charge is 0.255 e. The van der Waals surface area contributed by atoms with E-state index >= 15 is 0 Å². The maximum Gasteiger partial charge on any atom is 0.255 e. The number of nitrogens with zero attached hydrogens (tertiary/aromatic N) is 3. The van der Waals surface area contributed by atoms with Crippen LogP contribution in [0.25, 0.3) is 11.3 Å². The van der Waals surface area contributed by atoms with Crippen molar-refractivity contribution >= 4 is 41.0 Å². The largest absolute Gasteiger partial charge is 0.382 e. The molecule has 5 aromatic rings. The van der Waals surface area contributed by atoms with E-state index in [4.69, 9.17) is 5.73 Å². The zero-order chi connectivity index (χ0) is 46.4. The fourth-order valence-electron chi connectivity index (χ4n) is 7.27. The Bertz CT molecular complexity index is 2260. The van der Waals surface area contributed by atoms with Crippen molar-refractivity contribution in [2.24, 2.45) is 11.7 Å². The van der Waals surface area contributed by atoms with Crippen LogP contribution in [0, 0.1) is 12.8 Å². The number of hydrogen-bond acceptors (Lipinski definition) is 10. The van der Waals surface area contributed by atoms with E-state index in [0.717, 1.165) is 85.0 Å². The molecule has 0 saturated carbocycles. The average Bonchev–Trinajstić information content (AvgIpc) is 3.31. The summed E-state index contributed by atoms with van der Waals surface area (Å²) in [6.45, 7) is 6.83. The first kappa shape index (κ1) is 49.5. The molecule has 0 aliphatic heterocycles. The summed E-state index contributed by atoms with van der Waals surface area (Å²) in [4.78, 5) is 64.6. The molecule has 4 amide bonds. The first-order valence-corrected chi connectivity index (χ1v) is 22.8. The maximum absolute atomic E-state index is 13.1. The fourth-order valence-corrected chi connectivity index (χ4v) is 7.27. The highest BCUT2D eigenvalue weighted by molar-refractivity contribution is 6.04. The quantitative estimate of drug-likeness (QED) is 0.0271. The van der Waals surface area contributed by atoms with Crippen LogP contribution >= 0.6 is 0 Å². The molecule has 0 fully saturated rings. The summed E-state index contributed by atoms with van der Waals surface area (Å²) in [5.41, 5.74) is 12.4. The summed E-state index contributed by atoms with van der Waals surface area (Å²) in [5.74, 6) is -0.536. The summed E-state index contributed by atoms with van der Waals surface area (Å²) in [7, 11) is 0. The Hall–Kier alpha value is -6.51. The lowest BCUT2D eigenvalue weighted by molar-refractivity contribution is -0.135. The second-order valence-electron chi connectivity index (χ2n) is 16.9. The summed E-state index contributed by atoms with van der Waals surface area (Å²) in [6.07, 6.45) is 12.9. The van der Waals surface area contributed by atoms with E-state index in [-0.39, 0.29) is 23.6 Å². The zero-order valence-corrected chi connectivity index (χ0v) is 37.9. The number of anilines is 3. The molecule has 65 heavy (non-hydrogen) atoms. The predicted molar refractivity (Wildman–Crippen MR) is 256 cm³/mol. The minimum absolute atomic E-state index is 0.00450. The van der Waals surface area contributed by atoms with Crippen molar-refractivity contribution < 1.29 is 24.3 Å². The van der Waals surface area contributed by atoms with Crippen LogP contribution in [-0.4, -0.2) is 68.4 Å². The molecule has 0 aliphatic rings. The minimum Gasteiger partial charge on any atom is -0.382 e. The van der Waals surface area contributed by atoms with Gasteiger partial charge in [-0.3, -0.25) is 24.2 Å². The highest BCUT2D eigenvalue weighted by Crippen LogP contribution is 2.25. The molecule has 2 aromatic heterocycles. The summed E-state index contributed by atoms with van der Waals surface area (Å²) < 4.78 is 0. The first-order chi connectivity index (χ1) is 31.4. The number of unbranched alkanes of at least 4 members (excludes halogenated alkanes) is 7. The number of aromatic nitrogens is 3. The molecule has 5 rings (SSSR count). The highest BCUT2D eigenvalue weighted by Gasteiger charge is 2.28. The lowest BCUT2D eigenvalue weighted by Gasteiger charge is -2.24. The molecule has 3 unspecified atom stereocenters. The van der Waals surface area contributed by atoms with Gasteiger partial charge in [0.1, 0.15) is 12.1 Å². The molecule has 344 valence electrons. The van der Waals surface area contributed by atoms with Crippen molar-refractivity contribution in [2.45, 2.75) is 116 Å². The molecule has 0 bridgehead atoms. The molecule has 3 aromatic carbocycles. The molecule has 14 heteroatoms. The van der Waals surface area contributed by atoms with E-state index in [1.807, 2.05) is 99.6 Å². The van der Waals surface area contributed by atoms with Gasteiger partial charge in [0.25, 0.3) is 11.8 Å². The number of rotatable bonds is 26. The molecule has 3 atom stereocenters. The van der Waals surface area contributed by atoms with Crippen molar-refractivity contribution in [3.63, 3.8) is 0 Å². The second-order valence-corrected chi connectivity index (χ2v) is 16.9. The van der Waals surface area contributed by atoms with Gasteiger partial charge in [-0.1, -0.05) is 101 Å². The van der Waals surface area contributed by atoms with Crippen LogP contribution in [0.2, 0.25) is 0 Å². The van der Waals surface area contributed by atoms with Gasteiger partial charge in [-0.05, 0) is 97.7 Å². The minimum atomic E-state index is -1.42. The van der Waals surface area contributed by atoms with Gasteiger partial charge in [-0.25, -0.2) is 9.97 Å². The number of carbonyl (C=O) groups is 4. The molecular weight excluding hydrogens is 819 g/mol. The lowest BCUT2D eigenvalue weighted by atomic mass is 9.99. The molecule has 0 saturated heterocycles. The number of benzene rings is 3. The Morgan fingerprint density at radius 3 is 2.18 bits per heavy atom. The number of aliphatic hydroxyl groups excluding tert-OH is 1. The van der Waals surface area contributed by atoms with Gasteiger partial charge in [0.05, 0.1) is 5.69 Å². The summed E-state index contributed by atoms with van der Waals surface area (Å²) >= 11 is 0. The number of nitrogens with one attached hydrogen (secondary N) is 5. The summed E-state index contributed by atoms with van der Waals surface area (Å²) in [6, 6.07) is 26.3. The monoisotopic (exact) mass is 884 g/mol. The van der Waals surface area contributed by atoms with Crippen molar-refractivity contribution in [2.75, 3.05) is 17.2 Å². The third kappa shape index (κ3) is 17.2. The Morgan fingerprint density at radius 1 is 0.754 bits per heavy atom. The van der Waals surface area contributed by atoms with Crippen LogP contribution in [0.5, 0.6) is 0 Å². The van der Waals surface area contributed by atoms with Gasteiger partial charge in [0.2, 0.25) is 17.8 Å².